The van der Waals surface area contributed by atoms with Crippen molar-refractivity contribution in [2.24, 2.45) is 0 Å². The van der Waals surface area contributed by atoms with Crippen molar-refractivity contribution in [3.8, 4) is 0 Å². The SMILES string of the molecule is CC1(C)C[C@@](C)(c2ccccc2)c2ccccc2N1C(=O)CSc1ncn[nH]1. The molecule has 1 N–H and O–H groups in total. The number of thioether (sulfide) groups is 1. The second-order valence-electron chi connectivity index (χ2n) is 8.01. The van der Waals surface area contributed by atoms with Gasteiger partial charge in [-0.1, -0.05) is 67.2 Å². The molecule has 6 heteroatoms. The number of nitrogens with zero attached hydrogens (tertiary/aromatic N) is 3. The molecule has 1 amide bonds. The number of aromatic amines is 1. The molecule has 0 saturated heterocycles. The minimum atomic E-state index is -0.321. The highest BCUT2D eigenvalue weighted by Gasteiger charge is 2.47. The Hall–Kier alpha value is -2.60. The zero-order valence-corrected chi connectivity index (χ0v) is 17.2. The van der Waals surface area contributed by atoms with Gasteiger partial charge >= 0.3 is 0 Å². The number of para-hydroxylation sites is 1. The quantitative estimate of drug-likeness (QED) is 0.668. The first-order valence-corrected chi connectivity index (χ1v) is 10.4. The van der Waals surface area contributed by atoms with Crippen LogP contribution in [0.1, 0.15) is 38.3 Å². The van der Waals surface area contributed by atoms with Crippen LogP contribution in [0.3, 0.4) is 0 Å². The summed E-state index contributed by atoms with van der Waals surface area (Å²) in [5.41, 5.74) is 2.99. The molecule has 0 saturated carbocycles. The van der Waals surface area contributed by atoms with Gasteiger partial charge in [0.1, 0.15) is 6.33 Å². The Bertz CT molecular complexity index is 971. The van der Waals surface area contributed by atoms with Crippen molar-refractivity contribution in [3.63, 3.8) is 0 Å². The maximum Gasteiger partial charge on any atom is 0.237 e. The Balaban J connectivity index is 1.73. The first-order valence-electron chi connectivity index (χ1n) is 9.38. The van der Waals surface area contributed by atoms with E-state index >= 15 is 0 Å². The lowest BCUT2D eigenvalue weighted by atomic mass is 9.65. The van der Waals surface area contributed by atoms with E-state index in [1.165, 1.54) is 29.2 Å². The van der Waals surface area contributed by atoms with Crippen molar-refractivity contribution >= 4 is 23.4 Å². The number of aromatic nitrogens is 3. The normalized spacial score (nSPS) is 20.6. The third-order valence-corrected chi connectivity index (χ3v) is 6.38. The van der Waals surface area contributed by atoms with Crippen LogP contribution >= 0.6 is 11.8 Å². The van der Waals surface area contributed by atoms with Crippen molar-refractivity contribution in [2.75, 3.05) is 10.7 Å². The summed E-state index contributed by atoms with van der Waals surface area (Å²) < 4.78 is 0. The minimum absolute atomic E-state index is 0.0777. The number of anilines is 1. The molecule has 0 unspecified atom stereocenters. The summed E-state index contributed by atoms with van der Waals surface area (Å²) in [6.45, 7) is 6.59. The maximum absolute atomic E-state index is 13.3. The van der Waals surface area contributed by atoms with Gasteiger partial charge in [0.2, 0.25) is 5.91 Å². The summed E-state index contributed by atoms with van der Waals surface area (Å²) in [6, 6.07) is 18.9. The van der Waals surface area contributed by atoms with E-state index in [2.05, 4.69) is 78.4 Å². The van der Waals surface area contributed by atoms with Crippen LogP contribution in [0, 0.1) is 0 Å². The van der Waals surface area contributed by atoms with E-state index in [9.17, 15) is 4.79 Å². The third-order valence-electron chi connectivity index (χ3n) is 5.52. The molecule has 4 rings (SSSR count). The fourth-order valence-electron chi connectivity index (χ4n) is 4.49. The molecule has 1 aliphatic heterocycles. The lowest BCUT2D eigenvalue weighted by Crippen LogP contribution is -2.56. The highest BCUT2D eigenvalue weighted by Crippen LogP contribution is 2.50. The third kappa shape index (κ3) is 3.22. The fourth-order valence-corrected chi connectivity index (χ4v) is 5.12. The summed E-state index contributed by atoms with van der Waals surface area (Å²) in [4.78, 5) is 19.3. The van der Waals surface area contributed by atoms with Crippen LogP contribution in [0.4, 0.5) is 5.69 Å². The lowest BCUT2D eigenvalue weighted by molar-refractivity contribution is -0.117. The molecule has 1 aromatic heterocycles. The van der Waals surface area contributed by atoms with E-state index in [0.29, 0.717) is 10.9 Å². The van der Waals surface area contributed by atoms with Crippen LogP contribution in [0.5, 0.6) is 0 Å². The molecule has 144 valence electrons. The summed E-state index contributed by atoms with van der Waals surface area (Å²) in [5.74, 6) is 0.392. The number of H-pyrrole nitrogens is 1. The number of carbonyl (C=O) groups is 1. The Morgan fingerprint density at radius 2 is 1.82 bits per heavy atom. The second kappa shape index (κ2) is 7.09. The predicted octanol–water partition coefficient (Wildman–Crippen LogP) is 4.42. The van der Waals surface area contributed by atoms with Crippen molar-refractivity contribution in [1.29, 1.82) is 0 Å². The van der Waals surface area contributed by atoms with Gasteiger partial charge in [-0.25, -0.2) is 4.98 Å². The number of rotatable bonds is 4. The smallest absolute Gasteiger partial charge is 0.237 e. The Labute approximate surface area is 169 Å². The summed E-state index contributed by atoms with van der Waals surface area (Å²) in [6.07, 6.45) is 2.30. The average Bonchev–Trinajstić information content (AvgIpc) is 3.20. The molecule has 5 nitrogen and oxygen atoms in total. The van der Waals surface area contributed by atoms with E-state index in [4.69, 9.17) is 0 Å². The lowest BCUT2D eigenvalue weighted by Gasteiger charge is -2.51. The van der Waals surface area contributed by atoms with Crippen LogP contribution in [-0.2, 0) is 10.2 Å². The van der Waals surface area contributed by atoms with Crippen LogP contribution in [0.2, 0.25) is 0 Å². The molecule has 0 radical (unpaired) electrons. The summed E-state index contributed by atoms with van der Waals surface area (Å²) in [7, 11) is 0. The summed E-state index contributed by atoms with van der Waals surface area (Å²) >= 11 is 1.38. The molecule has 28 heavy (non-hydrogen) atoms. The highest BCUT2D eigenvalue weighted by atomic mass is 32.2. The maximum atomic E-state index is 13.3. The van der Waals surface area contributed by atoms with E-state index in [0.717, 1.165) is 12.1 Å². The van der Waals surface area contributed by atoms with Gasteiger partial charge in [0, 0.05) is 16.6 Å². The zero-order valence-electron chi connectivity index (χ0n) is 16.3. The molecule has 2 heterocycles. The molecule has 0 aliphatic carbocycles. The monoisotopic (exact) mass is 392 g/mol. The Morgan fingerprint density at radius 3 is 2.54 bits per heavy atom. The molecular formula is C22H24N4OS. The molecule has 0 spiro atoms. The van der Waals surface area contributed by atoms with Crippen molar-refractivity contribution in [3.05, 3.63) is 72.1 Å². The van der Waals surface area contributed by atoms with Gasteiger partial charge in [0.15, 0.2) is 5.16 Å². The number of carbonyl (C=O) groups excluding carboxylic acids is 1. The molecule has 1 atom stereocenters. The Kier molecular flexibility index (Phi) is 4.75. The van der Waals surface area contributed by atoms with Crippen molar-refractivity contribution < 1.29 is 4.79 Å². The van der Waals surface area contributed by atoms with Gasteiger partial charge in [-0.2, -0.15) is 5.10 Å². The van der Waals surface area contributed by atoms with Crippen molar-refractivity contribution in [2.45, 2.75) is 43.3 Å². The van der Waals surface area contributed by atoms with Crippen LogP contribution in [0.25, 0.3) is 0 Å². The molecule has 2 aromatic carbocycles. The highest BCUT2D eigenvalue weighted by molar-refractivity contribution is 7.99. The van der Waals surface area contributed by atoms with Crippen LogP contribution in [0.15, 0.2) is 66.1 Å². The number of benzene rings is 2. The van der Waals surface area contributed by atoms with Gasteiger partial charge < -0.3 is 4.90 Å². The second-order valence-corrected chi connectivity index (χ2v) is 8.98. The van der Waals surface area contributed by atoms with Gasteiger partial charge in [-0.3, -0.25) is 9.89 Å². The van der Waals surface area contributed by atoms with Crippen LogP contribution < -0.4 is 4.90 Å². The van der Waals surface area contributed by atoms with Gasteiger partial charge in [0.25, 0.3) is 0 Å². The van der Waals surface area contributed by atoms with Gasteiger partial charge in [0.05, 0.1) is 5.75 Å². The predicted molar refractivity (Wildman–Crippen MR) is 113 cm³/mol. The standard InChI is InChI=1S/C22H24N4OS/c1-21(2)14-22(3,16-9-5-4-6-10-16)17-11-7-8-12-18(17)26(21)19(27)13-28-20-23-15-24-25-20/h4-12,15H,13-14H2,1-3H3,(H,23,24,25)/t22-/m0/s1. The van der Waals surface area contributed by atoms with Gasteiger partial charge in [-0.05, 0) is 37.5 Å². The molecular weight excluding hydrogens is 368 g/mol. The number of amides is 1. The molecule has 1 aliphatic rings. The molecule has 0 fully saturated rings. The first kappa shape index (κ1) is 18.7. The minimum Gasteiger partial charge on any atom is -0.306 e. The van der Waals surface area contributed by atoms with E-state index in [-0.39, 0.29) is 16.9 Å². The summed E-state index contributed by atoms with van der Waals surface area (Å²) in [5, 5.41) is 7.31. The Morgan fingerprint density at radius 1 is 1.11 bits per heavy atom. The zero-order chi connectivity index (χ0) is 19.8. The first-order chi connectivity index (χ1) is 13.4. The van der Waals surface area contributed by atoms with E-state index in [1.807, 2.05) is 17.0 Å². The number of nitrogens with one attached hydrogen (secondary N) is 1. The molecule has 0 bridgehead atoms. The fraction of sp³-hybridized carbons (Fsp3) is 0.318. The van der Waals surface area contributed by atoms with E-state index in [1.54, 1.807) is 0 Å². The topological polar surface area (TPSA) is 61.9 Å². The van der Waals surface area contributed by atoms with Crippen LogP contribution in [-0.4, -0.2) is 32.4 Å². The van der Waals surface area contributed by atoms with E-state index < -0.39 is 0 Å². The van der Waals surface area contributed by atoms with Crippen molar-refractivity contribution in [1.82, 2.24) is 15.2 Å². The van der Waals surface area contributed by atoms with Gasteiger partial charge in [-0.15, -0.1) is 0 Å². The number of fused-ring (bicyclic) bond motifs is 1. The number of hydrogen-bond acceptors (Lipinski definition) is 4. The number of hydrogen-bond donors (Lipinski definition) is 1. The molecule has 3 aromatic rings. The largest absolute Gasteiger partial charge is 0.306 e. The average molecular weight is 393 g/mol.